The van der Waals surface area contributed by atoms with Crippen LogP contribution in [0.25, 0.3) is 11.1 Å². The molecule has 9 heteroatoms. The molecule has 0 heterocycles. The highest BCUT2D eigenvalue weighted by Gasteiger charge is 2.56. The number of aliphatic carboxylic acids is 1. The average Bonchev–Trinajstić information content (AvgIpc) is 3.77. The number of fused-ring (bicyclic) bond motifs is 3. The molecule has 0 spiro atoms. The van der Waals surface area contributed by atoms with Gasteiger partial charge in [-0.2, -0.15) is 8.78 Å². The quantitative estimate of drug-likeness (QED) is 0.503. The van der Waals surface area contributed by atoms with E-state index in [9.17, 15) is 23.2 Å². The van der Waals surface area contributed by atoms with Crippen molar-refractivity contribution in [2.24, 2.45) is 17.8 Å². The van der Waals surface area contributed by atoms with Gasteiger partial charge in [-0.3, -0.25) is 4.79 Å². The number of carboxylic acid groups (broad SMARTS) is 1. The number of carboxylic acids is 1. The number of benzene rings is 2. The van der Waals surface area contributed by atoms with Gasteiger partial charge in [0.15, 0.2) is 0 Å². The van der Waals surface area contributed by atoms with Crippen LogP contribution < -0.4 is 10.6 Å². The summed E-state index contributed by atoms with van der Waals surface area (Å²) in [6.07, 6.45) is 0.758. The highest BCUT2D eigenvalue weighted by molar-refractivity contribution is 5.84. The Kier molecular flexibility index (Phi) is 5.94. The van der Waals surface area contributed by atoms with Crippen molar-refractivity contribution in [1.29, 1.82) is 0 Å². The summed E-state index contributed by atoms with van der Waals surface area (Å²) in [4.78, 5) is 35.7. The van der Waals surface area contributed by atoms with Crippen molar-refractivity contribution in [2.75, 3.05) is 13.2 Å². The molecule has 0 saturated heterocycles. The molecule has 35 heavy (non-hydrogen) atoms. The van der Waals surface area contributed by atoms with E-state index in [0.29, 0.717) is 19.3 Å². The number of carbonyl (C=O) groups excluding carboxylic acids is 2. The number of ether oxygens (including phenoxy) is 1. The lowest BCUT2D eigenvalue weighted by molar-refractivity contribution is -0.171. The lowest BCUT2D eigenvalue weighted by Crippen LogP contribution is -2.53. The van der Waals surface area contributed by atoms with Crippen LogP contribution in [0.4, 0.5) is 13.6 Å². The first-order valence-corrected chi connectivity index (χ1v) is 11.8. The predicted octanol–water partition coefficient (Wildman–Crippen LogP) is 3.78. The zero-order chi connectivity index (χ0) is 24.7. The molecule has 2 aromatic rings. The molecule has 2 fully saturated rings. The van der Waals surface area contributed by atoms with E-state index < -0.39 is 41.8 Å². The number of amides is 2. The van der Waals surface area contributed by atoms with Crippen molar-refractivity contribution in [2.45, 2.75) is 37.1 Å². The fourth-order valence-electron chi connectivity index (χ4n) is 4.99. The van der Waals surface area contributed by atoms with E-state index in [-0.39, 0.29) is 25.0 Å². The van der Waals surface area contributed by atoms with Crippen LogP contribution in [0.1, 0.15) is 36.3 Å². The minimum Gasteiger partial charge on any atom is -0.477 e. The summed E-state index contributed by atoms with van der Waals surface area (Å²) in [5.41, 5.74) is 4.46. The van der Waals surface area contributed by atoms with Crippen molar-refractivity contribution in [3.05, 3.63) is 59.7 Å². The van der Waals surface area contributed by atoms with Gasteiger partial charge in [-0.05, 0) is 53.4 Å². The minimum atomic E-state index is -4.01. The first-order valence-electron chi connectivity index (χ1n) is 11.8. The summed E-state index contributed by atoms with van der Waals surface area (Å²) in [6.45, 7) is 0.347. The molecule has 0 radical (unpaired) electrons. The molecule has 2 aromatic carbocycles. The Morgan fingerprint density at radius 2 is 1.63 bits per heavy atom. The van der Waals surface area contributed by atoms with E-state index in [1.54, 1.807) is 0 Å². The lowest BCUT2D eigenvalue weighted by atomic mass is 9.98. The Morgan fingerprint density at radius 3 is 2.20 bits per heavy atom. The number of hydrogen-bond donors (Lipinski definition) is 3. The Morgan fingerprint density at radius 1 is 1.03 bits per heavy atom. The number of alkyl carbamates (subject to hydrolysis) is 1. The van der Waals surface area contributed by atoms with Crippen molar-refractivity contribution in [3.8, 4) is 11.1 Å². The normalized spacial score (nSPS) is 21.4. The molecule has 0 bridgehead atoms. The van der Waals surface area contributed by atoms with Crippen LogP contribution in [0.3, 0.4) is 0 Å². The van der Waals surface area contributed by atoms with Crippen LogP contribution in [-0.4, -0.2) is 48.2 Å². The molecular formula is C26H26F2N2O5. The second-order valence-corrected chi connectivity index (χ2v) is 9.56. The molecule has 2 saturated carbocycles. The number of halogens is 2. The zero-order valence-corrected chi connectivity index (χ0v) is 18.9. The number of alkyl halides is 2. The molecule has 7 nitrogen and oxygen atoms in total. The van der Waals surface area contributed by atoms with Crippen LogP contribution in [0, 0.1) is 17.8 Å². The Labute approximate surface area is 200 Å². The van der Waals surface area contributed by atoms with E-state index in [4.69, 9.17) is 9.84 Å². The van der Waals surface area contributed by atoms with E-state index in [1.807, 2.05) is 48.5 Å². The van der Waals surface area contributed by atoms with Crippen LogP contribution in [-0.2, 0) is 14.3 Å². The summed E-state index contributed by atoms with van der Waals surface area (Å²) in [5, 5.41) is 13.7. The molecule has 3 aliphatic carbocycles. The van der Waals surface area contributed by atoms with Crippen molar-refractivity contribution in [1.82, 2.24) is 10.6 Å². The maximum absolute atomic E-state index is 14.0. The molecular weight excluding hydrogens is 458 g/mol. The molecule has 0 aromatic heterocycles. The van der Waals surface area contributed by atoms with Crippen molar-refractivity contribution >= 4 is 18.0 Å². The fraction of sp³-hybridized carbons (Fsp3) is 0.423. The Bertz CT molecular complexity index is 1120. The molecule has 0 aliphatic heterocycles. The third kappa shape index (κ3) is 4.59. The third-order valence-corrected chi connectivity index (χ3v) is 7.18. The lowest BCUT2D eigenvalue weighted by Gasteiger charge is -2.24. The van der Waals surface area contributed by atoms with Gasteiger partial charge in [0.05, 0.1) is 0 Å². The number of rotatable bonds is 9. The molecule has 3 aliphatic rings. The minimum absolute atomic E-state index is 0.0668. The smallest absolute Gasteiger partial charge is 0.407 e. The fourth-order valence-corrected chi connectivity index (χ4v) is 4.99. The van der Waals surface area contributed by atoms with Crippen molar-refractivity contribution < 1.29 is 33.0 Å². The van der Waals surface area contributed by atoms with Crippen LogP contribution in [0.5, 0.6) is 0 Å². The molecule has 1 unspecified atom stereocenters. The summed E-state index contributed by atoms with van der Waals surface area (Å²) in [7, 11) is 0. The van der Waals surface area contributed by atoms with Crippen LogP contribution in [0.2, 0.25) is 0 Å². The second kappa shape index (κ2) is 8.94. The predicted molar refractivity (Wildman–Crippen MR) is 122 cm³/mol. The van der Waals surface area contributed by atoms with Gasteiger partial charge >= 0.3 is 18.0 Å². The topological polar surface area (TPSA) is 105 Å². The van der Waals surface area contributed by atoms with Crippen LogP contribution in [0.15, 0.2) is 48.5 Å². The molecule has 5 rings (SSSR count). The van der Waals surface area contributed by atoms with Gasteiger partial charge in [0, 0.05) is 18.4 Å². The van der Waals surface area contributed by atoms with Gasteiger partial charge in [0.25, 0.3) is 0 Å². The van der Waals surface area contributed by atoms with E-state index in [0.717, 1.165) is 22.3 Å². The number of hydrogen-bond acceptors (Lipinski definition) is 4. The zero-order valence-electron chi connectivity index (χ0n) is 18.9. The largest absolute Gasteiger partial charge is 0.477 e. The summed E-state index contributed by atoms with van der Waals surface area (Å²) < 4.78 is 33.5. The van der Waals surface area contributed by atoms with Gasteiger partial charge in [-0.15, -0.1) is 0 Å². The van der Waals surface area contributed by atoms with Crippen LogP contribution >= 0.6 is 0 Å². The highest BCUT2D eigenvalue weighted by Crippen LogP contribution is 2.45. The molecule has 2 amide bonds. The summed E-state index contributed by atoms with van der Waals surface area (Å²) in [6, 6.07) is 14.3. The molecule has 184 valence electrons. The maximum atomic E-state index is 14.0. The SMILES string of the molecule is O=C(NC[C@H]1C[C@H]1C(=O)NC(C1CC1)C(F)(F)C(=O)O)OCC1c2ccccc2-c2ccccc21. The van der Waals surface area contributed by atoms with Gasteiger partial charge in [-0.1, -0.05) is 48.5 Å². The summed E-state index contributed by atoms with van der Waals surface area (Å²) >= 11 is 0. The number of nitrogens with one attached hydrogen (secondary N) is 2. The Balaban J connectivity index is 1.10. The van der Waals surface area contributed by atoms with Gasteiger partial charge < -0.3 is 20.5 Å². The maximum Gasteiger partial charge on any atom is 0.407 e. The monoisotopic (exact) mass is 484 g/mol. The van der Waals surface area contributed by atoms with Crippen molar-refractivity contribution in [3.63, 3.8) is 0 Å². The standard InChI is InChI=1S/C26H26F2N2O5/c27-26(28,24(32)33)22(14-9-10-14)30-23(31)20-11-15(20)12-29-25(34)35-13-21-18-7-3-1-5-16(18)17-6-2-4-8-19(17)21/h1-8,14-15,20-22H,9-13H2,(H,29,34)(H,30,31)(H,32,33)/t15-,20-,22?/m1/s1. The second-order valence-electron chi connectivity index (χ2n) is 9.56. The van der Waals surface area contributed by atoms with E-state index in [1.165, 1.54) is 0 Å². The number of carbonyl (C=O) groups is 3. The third-order valence-electron chi connectivity index (χ3n) is 7.18. The highest BCUT2D eigenvalue weighted by atomic mass is 19.3. The van der Waals surface area contributed by atoms with E-state index in [2.05, 4.69) is 10.6 Å². The first kappa shape index (κ1) is 23.3. The van der Waals surface area contributed by atoms with Gasteiger partial charge in [-0.25, -0.2) is 9.59 Å². The van der Waals surface area contributed by atoms with E-state index >= 15 is 0 Å². The van der Waals surface area contributed by atoms with Gasteiger partial charge in [0.2, 0.25) is 5.91 Å². The molecule has 3 N–H and O–H groups in total. The Hall–Kier alpha value is -3.49. The molecule has 3 atom stereocenters. The first-order chi connectivity index (χ1) is 16.8. The summed E-state index contributed by atoms with van der Waals surface area (Å²) in [5.74, 6) is -8.17. The van der Waals surface area contributed by atoms with Gasteiger partial charge in [0.1, 0.15) is 12.6 Å². The average molecular weight is 484 g/mol.